The van der Waals surface area contributed by atoms with E-state index in [2.05, 4.69) is 42.5 Å². The number of fused-ring (bicyclic) bond motifs is 1. The van der Waals surface area contributed by atoms with Crippen molar-refractivity contribution in [1.29, 1.82) is 0 Å². The number of aliphatic hydroxyl groups excluding tert-OH is 1. The monoisotopic (exact) mass is 264 g/mol. The van der Waals surface area contributed by atoms with Gasteiger partial charge >= 0.3 is 0 Å². The van der Waals surface area contributed by atoms with Gasteiger partial charge < -0.3 is 10.4 Å². The van der Waals surface area contributed by atoms with Gasteiger partial charge in [0.05, 0.1) is 6.10 Å². The van der Waals surface area contributed by atoms with Gasteiger partial charge in [0.2, 0.25) is 0 Å². The van der Waals surface area contributed by atoms with Crippen molar-refractivity contribution in [1.82, 2.24) is 4.98 Å². The molecule has 1 unspecified atom stereocenters. The number of rotatable bonds is 4. The molecule has 0 radical (unpaired) electrons. The molecule has 2 aromatic heterocycles. The first-order valence-electron chi connectivity index (χ1n) is 6.20. The van der Waals surface area contributed by atoms with E-state index < -0.39 is 0 Å². The third-order valence-electron chi connectivity index (χ3n) is 2.73. The third kappa shape index (κ3) is 3.43. The summed E-state index contributed by atoms with van der Waals surface area (Å²) in [6.45, 7) is 6.94. The lowest BCUT2D eigenvalue weighted by Gasteiger charge is -2.22. The van der Waals surface area contributed by atoms with Crippen LogP contribution in [0.2, 0.25) is 0 Å². The van der Waals surface area contributed by atoms with Crippen molar-refractivity contribution in [3.63, 3.8) is 0 Å². The third-order valence-corrected chi connectivity index (χ3v) is 3.62. The van der Waals surface area contributed by atoms with E-state index in [4.69, 9.17) is 0 Å². The summed E-state index contributed by atoms with van der Waals surface area (Å²) in [5.74, 6) is 0.863. The molecular formula is C14H20N2OS. The summed E-state index contributed by atoms with van der Waals surface area (Å²) >= 11 is 1.70. The largest absolute Gasteiger partial charge is 0.391 e. The van der Waals surface area contributed by atoms with Crippen LogP contribution in [0.25, 0.3) is 10.1 Å². The van der Waals surface area contributed by atoms with Crippen molar-refractivity contribution >= 4 is 27.2 Å². The van der Waals surface area contributed by atoms with Gasteiger partial charge in [-0.3, -0.25) is 0 Å². The Hall–Kier alpha value is -1.13. The molecule has 3 nitrogen and oxygen atoms in total. The first kappa shape index (κ1) is 13.3. The molecular weight excluding hydrogens is 244 g/mol. The topological polar surface area (TPSA) is 45.1 Å². The molecule has 0 amide bonds. The zero-order valence-corrected chi connectivity index (χ0v) is 11.9. The van der Waals surface area contributed by atoms with E-state index in [-0.39, 0.29) is 11.5 Å². The van der Waals surface area contributed by atoms with Crippen LogP contribution in [0.1, 0.15) is 27.2 Å². The van der Waals surface area contributed by atoms with Crippen LogP contribution in [-0.2, 0) is 0 Å². The van der Waals surface area contributed by atoms with Crippen molar-refractivity contribution in [2.45, 2.75) is 33.3 Å². The van der Waals surface area contributed by atoms with Crippen molar-refractivity contribution in [3.05, 3.63) is 23.7 Å². The number of pyridine rings is 1. The van der Waals surface area contributed by atoms with Crippen LogP contribution in [0.3, 0.4) is 0 Å². The highest BCUT2D eigenvalue weighted by Gasteiger charge is 2.16. The maximum absolute atomic E-state index is 9.98. The predicted molar refractivity (Wildman–Crippen MR) is 78.2 cm³/mol. The van der Waals surface area contributed by atoms with Crippen LogP contribution < -0.4 is 5.32 Å². The van der Waals surface area contributed by atoms with Crippen LogP contribution in [0.15, 0.2) is 23.7 Å². The van der Waals surface area contributed by atoms with E-state index in [1.165, 1.54) is 4.70 Å². The zero-order valence-electron chi connectivity index (χ0n) is 11.1. The second-order valence-electron chi connectivity index (χ2n) is 5.79. The number of nitrogens with one attached hydrogen (secondary N) is 1. The Kier molecular flexibility index (Phi) is 3.88. The quantitative estimate of drug-likeness (QED) is 0.888. The molecule has 0 saturated carbocycles. The lowest BCUT2D eigenvalue weighted by molar-refractivity contribution is 0.132. The van der Waals surface area contributed by atoms with Crippen LogP contribution in [0, 0.1) is 5.41 Å². The Morgan fingerprint density at radius 2 is 2.17 bits per heavy atom. The average molecular weight is 264 g/mol. The number of hydrogen-bond donors (Lipinski definition) is 2. The van der Waals surface area contributed by atoms with Crippen LogP contribution in [-0.4, -0.2) is 22.7 Å². The maximum atomic E-state index is 9.98. The molecule has 0 fully saturated rings. The van der Waals surface area contributed by atoms with Crippen LogP contribution in [0.4, 0.5) is 5.82 Å². The molecule has 0 aliphatic rings. The fourth-order valence-corrected chi connectivity index (χ4v) is 2.81. The number of hydrogen-bond acceptors (Lipinski definition) is 4. The molecule has 1 atom stereocenters. The van der Waals surface area contributed by atoms with Gasteiger partial charge in [-0.2, -0.15) is 0 Å². The highest BCUT2D eigenvalue weighted by atomic mass is 32.1. The Morgan fingerprint density at radius 1 is 1.39 bits per heavy atom. The first-order valence-corrected chi connectivity index (χ1v) is 7.08. The average Bonchev–Trinajstić information content (AvgIpc) is 2.72. The van der Waals surface area contributed by atoms with Crippen LogP contribution >= 0.6 is 11.3 Å². The van der Waals surface area contributed by atoms with E-state index in [0.717, 1.165) is 17.6 Å². The standard InChI is InChI=1S/C14H20N2OS/c1-14(2,3)8-10(17)9-16-13-11-5-7-18-12(11)4-6-15-13/h4-7,10,17H,8-9H2,1-3H3,(H,15,16). The van der Waals surface area contributed by atoms with Gasteiger partial charge in [-0.1, -0.05) is 20.8 Å². The van der Waals surface area contributed by atoms with Gasteiger partial charge in [-0.05, 0) is 29.3 Å². The minimum atomic E-state index is -0.347. The molecule has 0 spiro atoms. The summed E-state index contributed by atoms with van der Waals surface area (Å²) < 4.78 is 1.22. The summed E-state index contributed by atoms with van der Waals surface area (Å²) in [5.41, 5.74) is 0.142. The predicted octanol–water partition coefficient (Wildman–Crippen LogP) is 3.51. The summed E-state index contributed by atoms with van der Waals surface area (Å²) in [4.78, 5) is 4.33. The van der Waals surface area contributed by atoms with E-state index in [1.807, 2.05) is 6.07 Å². The van der Waals surface area contributed by atoms with Gasteiger partial charge in [0.1, 0.15) is 5.82 Å². The zero-order chi connectivity index (χ0) is 13.2. The summed E-state index contributed by atoms with van der Waals surface area (Å²) in [6.07, 6.45) is 2.23. The molecule has 18 heavy (non-hydrogen) atoms. The number of anilines is 1. The van der Waals surface area contributed by atoms with Crippen LogP contribution in [0.5, 0.6) is 0 Å². The van der Waals surface area contributed by atoms with Gasteiger partial charge in [0.25, 0.3) is 0 Å². The van der Waals surface area contributed by atoms with Gasteiger partial charge in [-0.25, -0.2) is 4.98 Å². The maximum Gasteiger partial charge on any atom is 0.134 e. The minimum Gasteiger partial charge on any atom is -0.391 e. The lowest BCUT2D eigenvalue weighted by atomic mass is 9.89. The Labute approximate surface area is 112 Å². The highest BCUT2D eigenvalue weighted by Crippen LogP contribution is 2.26. The molecule has 0 bridgehead atoms. The highest BCUT2D eigenvalue weighted by molar-refractivity contribution is 7.17. The molecule has 0 saturated heterocycles. The van der Waals surface area contributed by atoms with E-state index in [9.17, 15) is 5.11 Å². The van der Waals surface area contributed by atoms with Crippen molar-refractivity contribution in [2.24, 2.45) is 5.41 Å². The molecule has 0 aliphatic heterocycles. The fourth-order valence-electron chi connectivity index (χ4n) is 2.03. The molecule has 98 valence electrons. The van der Waals surface area contributed by atoms with Gasteiger partial charge in [-0.15, -0.1) is 11.3 Å². The summed E-state index contributed by atoms with van der Waals surface area (Å²) in [6, 6.07) is 4.07. The molecule has 2 N–H and O–H groups in total. The Morgan fingerprint density at radius 3 is 2.89 bits per heavy atom. The van der Waals surface area contributed by atoms with E-state index in [0.29, 0.717) is 6.54 Å². The summed E-state index contributed by atoms with van der Waals surface area (Å²) in [7, 11) is 0. The summed E-state index contributed by atoms with van der Waals surface area (Å²) in [5, 5.41) is 16.4. The van der Waals surface area contributed by atoms with Crippen molar-refractivity contribution in [3.8, 4) is 0 Å². The van der Waals surface area contributed by atoms with Crippen molar-refractivity contribution < 1.29 is 5.11 Å². The van der Waals surface area contributed by atoms with E-state index >= 15 is 0 Å². The Bertz CT molecular complexity index is 516. The molecule has 0 aliphatic carbocycles. The molecule has 2 rings (SSSR count). The minimum absolute atomic E-state index is 0.142. The smallest absolute Gasteiger partial charge is 0.134 e. The lowest BCUT2D eigenvalue weighted by Crippen LogP contribution is -2.25. The second-order valence-corrected chi connectivity index (χ2v) is 6.74. The molecule has 0 aromatic carbocycles. The SMILES string of the molecule is CC(C)(C)CC(O)CNc1nccc2sccc12. The first-order chi connectivity index (χ1) is 8.46. The number of aromatic nitrogens is 1. The van der Waals surface area contributed by atoms with Gasteiger partial charge in [0.15, 0.2) is 0 Å². The normalized spacial score (nSPS) is 13.8. The number of aliphatic hydroxyl groups is 1. The fraction of sp³-hybridized carbons (Fsp3) is 0.500. The molecule has 2 aromatic rings. The number of nitrogens with zero attached hydrogens (tertiary/aromatic N) is 1. The van der Waals surface area contributed by atoms with Crippen molar-refractivity contribution in [2.75, 3.05) is 11.9 Å². The second kappa shape index (κ2) is 5.24. The Balaban J connectivity index is 2.00. The van der Waals surface area contributed by atoms with E-state index in [1.54, 1.807) is 17.5 Å². The van der Waals surface area contributed by atoms with Gasteiger partial charge in [0, 0.05) is 22.8 Å². The number of thiophene rings is 1. The molecule has 2 heterocycles. The molecule has 4 heteroatoms.